The van der Waals surface area contributed by atoms with Crippen molar-refractivity contribution in [1.82, 2.24) is 4.57 Å². The number of thiazole rings is 1. The Morgan fingerprint density at radius 1 is 1.19 bits per heavy atom. The van der Waals surface area contributed by atoms with E-state index >= 15 is 0 Å². The third-order valence-electron chi connectivity index (χ3n) is 4.99. The molecular formula is C24H19N3O3S. The molecule has 1 atom stereocenters. The summed E-state index contributed by atoms with van der Waals surface area (Å²) < 4.78 is 7.37. The monoisotopic (exact) mass is 429 g/mol. The number of allylic oxidation sites excluding steroid dienone is 1. The van der Waals surface area contributed by atoms with Crippen LogP contribution < -0.4 is 20.5 Å². The van der Waals surface area contributed by atoms with Crippen LogP contribution in [0.15, 0.2) is 71.0 Å². The number of aromatic nitrogens is 1. The van der Waals surface area contributed by atoms with Crippen LogP contribution in [0.2, 0.25) is 0 Å². The van der Waals surface area contributed by atoms with Gasteiger partial charge in [0.1, 0.15) is 10.5 Å². The van der Waals surface area contributed by atoms with Crippen LogP contribution in [0.4, 0.5) is 0 Å². The number of esters is 1. The molecule has 0 saturated heterocycles. The SMILES string of the molecule is CCOC(=O)C1=c2s/c(=C/c3ccccc3)c(=O)n2C(N)=C(C#N)[C@H]1c1ccccc1. The number of benzene rings is 2. The molecule has 154 valence electrons. The molecule has 0 fully saturated rings. The minimum atomic E-state index is -0.715. The molecule has 0 aliphatic carbocycles. The second-order valence-corrected chi connectivity index (χ2v) is 7.89. The number of carbonyl (C=O) groups excluding carboxylic acids is 1. The number of hydrogen-bond donors (Lipinski definition) is 1. The van der Waals surface area contributed by atoms with Gasteiger partial charge in [0.05, 0.1) is 34.3 Å². The van der Waals surface area contributed by atoms with E-state index in [0.29, 0.717) is 9.20 Å². The van der Waals surface area contributed by atoms with Crippen molar-refractivity contribution in [3.8, 4) is 6.07 Å². The van der Waals surface area contributed by atoms with Crippen molar-refractivity contribution in [3.63, 3.8) is 0 Å². The van der Waals surface area contributed by atoms with E-state index in [2.05, 4.69) is 6.07 Å². The van der Waals surface area contributed by atoms with Crippen LogP contribution in [0.25, 0.3) is 17.5 Å². The quantitative estimate of drug-likeness (QED) is 0.639. The van der Waals surface area contributed by atoms with E-state index < -0.39 is 11.9 Å². The van der Waals surface area contributed by atoms with Crippen LogP contribution in [0.5, 0.6) is 0 Å². The fourth-order valence-corrected chi connectivity index (χ4v) is 4.80. The van der Waals surface area contributed by atoms with E-state index in [1.165, 1.54) is 15.9 Å². The molecule has 3 aromatic rings. The lowest BCUT2D eigenvalue weighted by atomic mass is 9.84. The maximum absolute atomic E-state index is 13.2. The van der Waals surface area contributed by atoms with Crippen LogP contribution in [0, 0.1) is 11.3 Å². The molecule has 1 aliphatic heterocycles. The van der Waals surface area contributed by atoms with Gasteiger partial charge in [-0.15, -0.1) is 11.3 Å². The minimum absolute atomic E-state index is 0.0355. The molecule has 6 nitrogen and oxygen atoms in total. The lowest BCUT2D eigenvalue weighted by Crippen LogP contribution is -2.40. The number of carbonyl (C=O) groups is 1. The first kappa shape index (κ1) is 20.4. The second-order valence-electron chi connectivity index (χ2n) is 6.86. The molecule has 31 heavy (non-hydrogen) atoms. The smallest absolute Gasteiger partial charge is 0.338 e. The molecular weight excluding hydrogens is 410 g/mol. The average Bonchev–Trinajstić information content (AvgIpc) is 3.11. The molecule has 2 aromatic carbocycles. The van der Waals surface area contributed by atoms with E-state index in [1.54, 1.807) is 13.0 Å². The third-order valence-corrected chi connectivity index (χ3v) is 6.10. The lowest BCUT2D eigenvalue weighted by Gasteiger charge is -2.24. The highest BCUT2D eigenvalue weighted by atomic mass is 32.1. The van der Waals surface area contributed by atoms with E-state index in [0.717, 1.165) is 11.1 Å². The molecule has 0 spiro atoms. The topological polar surface area (TPSA) is 98.1 Å². The largest absolute Gasteiger partial charge is 0.463 e. The summed E-state index contributed by atoms with van der Waals surface area (Å²) in [5.41, 5.74) is 7.91. The molecule has 1 aromatic heterocycles. The maximum atomic E-state index is 13.2. The first-order valence-electron chi connectivity index (χ1n) is 9.71. The van der Waals surface area contributed by atoms with E-state index in [-0.39, 0.29) is 29.1 Å². The number of nitriles is 1. The first-order valence-corrected chi connectivity index (χ1v) is 10.5. The van der Waals surface area contributed by atoms with Gasteiger partial charge in [-0.05, 0) is 24.1 Å². The fourth-order valence-electron chi connectivity index (χ4n) is 3.63. The highest BCUT2D eigenvalue weighted by Crippen LogP contribution is 2.36. The average molecular weight is 430 g/mol. The van der Waals surface area contributed by atoms with Gasteiger partial charge in [0.2, 0.25) is 0 Å². The Labute approximate surface area is 182 Å². The van der Waals surface area contributed by atoms with Crippen LogP contribution in [0.1, 0.15) is 24.0 Å². The molecule has 2 N–H and O–H groups in total. The summed E-state index contributed by atoms with van der Waals surface area (Å²) in [7, 11) is 0. The normalized spacial score (nSPS) is 16.1. The van der Waals surface area contributed by atoms with E-state index in [1.807, 2.05) is 60.7 Å². The van der Waals surface area contributed by atoms with Crippen molar-refractivity contribution in [2.45, 2.75) is 12.8 Å². The van der Waals surface area contributed by atoms with Gasteiger partial charge in [-0.3, -0.25) is 9.36 Å². The molecule has 0 saturated carbocycles. The zero-order chi connectivity index (χ0) is 22.0. The first-order chi connectivity index (χ1) is 15.1. The Kier molecular flexibility index (Phi) is 5.56. The highest BCUT2D eigenvalue weighted by Gasteiger charge is 2.36. The highest BCUT2D eigenvalue weighted by molar-refractivity contribution is 7.07. The molecule has 0 radical (unpaired) electrons. The van der Waals surface area contributed by atoms with E-state index in [4.69, 9.17) is 10.5 Å². The van der Waals surface area contributed by atoms with Gasteiger partial charge >= 0.3 is 5.97 Å². The second kappa shape index (κ2) is 8.46. The Morgan fingerprint density at radius 2 is 1.84 bits per heavy atom. The minimum Gasteiger partial charge on any atom is -0.463 e. The van der Waals surface area contributed by atoms with Crippen LogP contribution in [-0.2, 0) is 9.53 Å². The van der Waals surface area contributed by atoms with Crippen LogP contribution in [0.3, 0.4) is 0 Å². The summed E-state index contributed by atoms with van der Waals surface area (Å²) >= 11 is 1.17. The summed E-state index contributed by atoms with van der Waals surface area (Å²) in [6.07, 6.45) is 1.75. The van der Waals surface area contributed by atoms with Crippen LogP contribution >= 0.6 is 11.3 Å². The summed E-state index contributed by atoms with van der Waals surface area (Å²) in [6, 6.07) is 20.7. The molecule has 2 heterocycles. The summed E-state index contributed by atoms with van der Waals surface area (Å²) in [6.45, 7) is 1.88. The number of hydrogen-bond acceptors (Lipinski definition) is 6. The Morgan fingerprint density at radius 3 is 2.45 bits per heavy atom. The van der Waals surface area contributed by atoms with Crippen molar-refractivity contribution in [1.29, 1.82) is 5.26 Å². The number of nitrogens with zero attached hydrogens (tertiary/aromatic N) is 2. The summed E-state index contributed by atoms with van der Waals surface area (Å²) in [5, 5.41) is 9.91. The molecule has 0 amide bonds. The van der Waals surface area contributed by atoms with Crippen molar-refractivity contribution < 1.29 is 9.53 Å². The summed E-state index contributed by atoms with van der Waals surface area (Å²) in [4.78, 5) is 26.3. The zero-order valence-electron chi connectivity index (χ0n) is 16.7. The van der Waals surface area contributed by atoms with Crippen molar-refractivity contribution in [3.05, 3.63) is 96.9 Å². The predicted octanol–water partition coefficient (Wildman–Crippen LogP) is 1.90. The number of ether oxygens (including phenoxy) is 1. The number of rotatable bonds is 4. The maximum Gasteiger partial charge on any atom is 0.338 e. The molecule has 0 bridgehead atoms. The molecule has 7 heteroatoms. The van der Waals surface area contributed by atoms with Gasteiger partial charge in [-0.2, -0.15) is 5.26 Å². The number of nitrogens with two attached hydrogens (primary N) is 1. The Balaban J connectivity index is 2.10. The predicted molar refractivity (Wildman–Crippen MR) is 120 cm³/mol. The Hall–Kier alpha value is -3.89. The van der Waals surface area contributed by atoms with Crippen molar-refractivity contribution in [2.24, 2.45) is 5.73 Å². The lowest BCUT2D eigenvalue weighted by molar-refractivity contribution is -0.136. The Bertz CT molecular complexity index is 1390. The van der Waals surface area contributed by atoms with Gasteiger partial charge in [0.15, 0.2) is 0 Å². The van der Waals surface area contributed by atoms with Crippen molar-refractivity contribution >= 4 is 34.8 Å². The van der Waals surface area contributed by atoms with Gasteiger partial charge in [0.25, 0.3) is 5.56 Å². The molecule has 1 aliphatic rings. The van der Waals surface area contributed by atoms with E-state index in [9.17, 15) is 14.9 Å². The summed E-state index contributed by atoms with van der Waals surface area (Å²) in [5.74, 6) is -1.25. The van der Waals surface area contributed by atoms with Gasteiger partial charge in [-0.25, -0.2) is 4.79 Å². The van der Waals surface area contributed by atoms with Gasteiger partial charge in [-0.1, -0.05) is 60.7 Å². The van der Waals surface area contributed by atoms with Crippen LogP contribution in [-0.4, -0.2) is 17.1 Å². The zero-order valence-corrected chi connectivity index (χ0v) is 17.6. The van der Waals surface area contributed by atoms with Gasteiger partial charge < -0.3 is 10.5 Å². The third kappa shape index (κ3) is 3.58. The standard InChI is InChI=1S/C24H19N3O3S/c1-2-30-24(29)20-19(16-11-7-4-8-12-16)17(14-25)21(26)27-22(28)18(31-23(20)27)13-15-9-5-3-6-10-15/h3-13,19H,2,26H2,1H3/b18-13+/t19-/m1/s1. The van der Waals surface area contributed by atoms with Crippen molar-refractivity contribution in [2.75, 3.05) is 6.61 Å². The fraction of sp³-hybridized carbons (Fsp3) is 0.125. The molecule has 0 unspecified atom stereocenters. The molecule has 4 rings (SSSR count). The van der Waals surface area contributed by atoms with Gasteiger partial charge in [0, 0.05) is 0 Å². The number of fused-ring (bicyclic) bond motifs is 1.